The van der Waals surface area contributed by atoms with Crippen LogP contribution in [0.25, 0.3) is 21.9 Å². The predicted octanol–water partition coefficient (Wildman–Crippen LogP) is 4.80. The zero-order valence-corrected chi connectivity index (χ0v) is 16.2. The first-order valence-corrected chi connectivity index (χ1v) is 10.0. The van der Waals surface area contributed by atoms with Crippen molar-refractivity contribution < 1.29 is 9.55 Å². The van der Waals surface area contributed by atoms with Gasteiger partial charge in [-0.25, -0.2) is 4.63 Å². The van der Waals surface area contributed by atoms with Crippen LogP contribution in [0.2, 0.25) is 0 Å². The Morgan fingerprint density at radius 1 is 1.03 bits per heavy atom. The van der Waals surface area contributed by atoms with Gasteiger partial charge in [0.25, 0.3) is 0 Å². The molecular weight excluding hydrogens is 384 g/mol. The Balaban J connectivity index is 1.62. The van der Waals surface area contributed by atoms with Crippen LogP contribution in [0.5, 0.6) is 0 Å². The van der Waals surface area contributed by atoms with Crippen LogP contribution in [0.15, 0.2) is 47.2 Å². The first kappa shape index (κ1) is 18.3. The molecule has 9 heteroatoms. The minimum absolute atomic E-state index is 0.0542. The summed E-state index contributed by atoms with van der Waals surface area (Å²) in [7, 11) is 0. The Labute approximate surface area is 171 Å². The van der Waals surface area contributed by atoms with Crippen molar-refractivity contribution in [3.63, 3.8) is 0 Å². The second-order valence-corrected chi connectivity index (χ2v) is 7.45. The number of hydrogen-bond donors (Lipinski definition) is 1. The number of nitro benzene ring substituents is 1. The number of fused-ring (bicyclic) bond motifs is 2. The van der Waals surface area contributed by atoms with Crippen molar-refractivity contribution in [3.05, 3.63) is 52.7 Å². The molecule has 0 aliphatic carbocycles. The van der Waals surface area contributed by atoms with E-state index in [1.165, 1.54) is 0 Å². The normalized spacial score (nSPS) is 14.7. The molecule has 2 aromatic heterocycles. The van der Waals surface area contributed by atoms with Crippen LogP contribution in [0.1, 0.15) is 25.7 Å². The number of rotatable bonds is 4. The minimum atomic E-state index is -0.391. The third-order valence-corrected chi connectivity index (χ3v) is 5.50. The summed E-state index contributed by atoms with van der Waals surface area (Å²) in [6.07, 6.45) is 6.03. The minimum Gasteiger partial charge on any atom is -0.366 e. The Kier molecular flexibility index (Phi) is 4.62. The Bertz CT molecular complexity index is 1230. The molecule has 2 aromatic carbocycles. The number of aromatic nitrogens is 3. The number of hydrogen-bond acceptors (Lipinski definition) is 8. The molecule has 0 spiro atoms. The predicted molar refractivity (Wildman–Crippen MR) is 114 cm³/mol. The van der Waals surface area contributed by atoms with E-state index in [2.05, 4.69) is 25.5 Å². The van der Waals surface area contributed by atoms with Gasteiger partial charge in [-0.3, -0.25) is 15.1 Å². The van der Waals surface area contributed by atoms with E-state index >= 15 is 0 Å². The maximum Gasteiger partial charge on any atom is 0.323 e. The summed E-state index contributed by atoms with van der Waals surface area (Å²) in [6, 6.07) is 11.5. The van der Waals surface area contributed by atoms with Gasteiger partial charge in [-0.15, -0.1) is 0 Å². The zero-order valence-electron chi connectivity index (χ0n) is 16.2. The third-order valence-electron chi connectivity index (χ3n) is 5.50. The molecule has 0 bridgehead atoms. The van der Waals surface area contributed by atoms with Crippen molar-refractivity contribution in [1.29, 1.82) is 0 Å². The fraction of sp³-hybridized carbons (Fsp3) is 0.286. The second kappa shape index (κ2) is 7.58. The fourth-order valence-electron chi connectivity index (χ4n) is 4.05. The van der Waals surface area contributed by atoms with Gasteiger partial charge >= 0.3 is 5.69 Å². The topological polar surface area (TPSA) is 110 Å². The highest BCUT2D eigenvalue weighted by Gasteiger charge is 2.29. The molecule has 0 atom stereocenters. The van der Waals surface area contributed by atoms with Crippen LogP contribution in [-0.2, 0) is 0 Å². The SMILES string of the molecule is O=[N+]([O-])c1c(N2CCCCCC2)cc(Nc2ccc3ncccc3c2)c2nonc12. The maximum atomic E-state index is 11.9. The average Bonchev–Trinajstić information content (AvgIpc) is 3.08. The monoisotopic (exact) mass is 404 g/mol. The molecule has 0 radical (unpaired) electrons. The lowest BCUT2D eigenvalue weighted by molar-refractivity contribution is -0.382. The van der Waals surface area contributed by atoms with E-state index in [-0.39, 0.29) is 11.2 Å². The van der Waals surface area contributed by atoms with Crippen molar-refractivity contribution in [2.45, 2.75) is 25.7 Å². The highest BCUT2D eigenvalue weighted by Crippen LogP contribution is 2.40. The van der Waals surface area contributed by atoms with E-state index in [4.69, 9.17) is 4.63 Å². The molecule has 3 heterocycles. The quantitative estimate of drug-likeness (QED) is 0.381. The Morgan fingerprint density at radius 2 is 1.83 bits per heavy atom. The molecule has 0 amide bonds. The van der Waals surface area contributed by atoms with E-state index in [1.807, 2.05) is 30.3 Å². The second-order valence-electron chi connectivity index (χ2n) is 7.45. The van der Waals surface area contributed by atoms with Gasteiger partial charge in [-0.05, 0) is 53.5 Å². The molecule has 0 unspecified atom stereocenters. The maximum absolute atomic E-state index is 11.9. The fourth-order valence-corrected chi connectivity index (χ4v) is 4.05. The van der Waals surface area contributed by atoms with Crippen molar-refractivity contribution >= 4 is 44.7 Å². The number of nitrogens with one attached hydrogen (secondary N) is 1. The largest absolute Gasteiger partial charge is 0.366 e. The van der Waals surface area contributed by atoms with Gasteiger partial charge in [-0.1, -0.05) is 18.9 Å². The van der Waals surface area contributed by atoms with E-state index in [0.29, 0.717) is 16.9 Å². The van der Waals surface area contributed by atoms with Crippen molar-refractivity contribution in [2.24, 2.45) is 0 Å². The van der Waals surface area contributed by atoms with Crippen LogP contribution in [0.3, 0.4) is 0 Å². The van der Waals surface area contributed by atoms with Crippen LogP contribution >= 0.6 is 0 Å². The molecule has 5 rings (SSSR count). The summed E-state index contributed by atoms with van der Waals surface area (Å²) < 4.78 is 4.90. The zero-order chi connectivity index (χ0) is 20.5. The Hall–Kier alpha value is -3.75. The standard InChI is InChI=1S/C21H20N6O3/c28-27(29)21-18(26-10-3-1-2-4-11-26)13-17(19-20(21)25-30-24-19)23-15-7-8-16-14(12-15)6-5-9-22-16/h5-9,12-13,23H,1-4,10-11H2. The van der Waals surface area contributed by atoms with Crippen molar-refractivity contribution in [2.75, 3.05) is 23.3 Å². The lowest BCUT2D eigenvalue weighted by atomic mass is 10.1. The number of pyridine rings is 1. The van der Waals surface area contributed by atoms with Crippen LogP contribution in [-0.4, -0.2) is 33.3 Å². The van der Waals surface area contributed by atoms with Crippen LogP contribution in [0, 0.1) is 10.1 Å². The van der Waals surface area contributed by atoms with E-state index in [0.717, 1.165) is 55.4 Å². The molecule has 1 saturated heterocycles. The molecule has 4 aromatic rings. The summed E-state index contributed by atoms with van der Waals surface area (Å²) in [5, 5.41) is 24.1. The summed E-state index contributed by atoms with van der Waals surface area (Å²) >= 11 is 0. The molecule has 1 aliphatic heterocycles. The van der Waals surface area contributed by atoms with Crippen molar-refractivity contribution in [3.8, 4) is 0 Å². The number of nitrogens with zero attached hydrogens (tertiary/aromatic N) is 5. The summed E-state index contributed by atoms with van der Waals surface area (Å²) in [5.74, 6) is 0. The van der Waals surface area contributed by atoms with E-state index in [9.17, 15) is 10.1 Å². The smallest absolute Gasteiger partial charge is 0.323 e. The van der Waals surface area contributed by atoms with Crippen molar-refractivity contribution in [1.82, 2.24) is 15.3 Å². The summed E-state index contributed by atoms with van der Waals surface area (Å²) in [5.41, 5.74) is 3.34. The van der Waals surface area contributed by atoms with Gasteiger partial charge < -0.3 is 10.2 Å². The molecule has 0 saturated carbocycles. The van der Waals surface area contributed by atoms with Gasteiger partial charge in [0.1, 0.15) is 5.69 Å². The molecule has 1 fully saturated rings. The molecule has 9 nitrogen and oxygen atoms in total. The lowest BCUT2D eigenvalue weighted by Crippen LogP contribution is -2.25. The first-order valence-electron chi connectivity index (χ1n) is 10.0. The molecule has 1 aliphatic rings. The van der Waals surface area contributed by atoms with E-state index < -0.39 is 4.92 Å². The van der Waals surface area contributed by atoms with Crippen LogP contribution < -0.4 is 10.2 Å². The van der Waals surface area contributed by atoms with Gasteiger partial charge in [0, 0.05) is 30.4 Å². The molecule has 1 N–H and O–H groups in total. The lowest BCUT2D eigenvalue weighted by Gasteiger charge is -2.23. The van der Waals surface area contributed by atoms with Gasteiger partial charge in [0.15, 0.2) is 5.52 Å². The van der Waals surface area contributed by atoms with Crippen LogP contribution in [0.4, 0.5) is 22.7 Å². The Morgan fingerprint density at radius 3 is 2.63 bits per heavy atom. The van der Waals surface area contributed by atoms with Gasteiger partial charge in [0.2, 0.25) is 5.52 Å². The highest BCUT2D eigenvalue weighted by atomic mass is 16.6. The number of anilines is 3. The average molecular weight is 404 g/mol. The van der Waals surface area contributed by atoms with Gasteiger partial charge in [0.05, 0.1) is 16.1 Å². The third kappa shape index (κ3) is 3.28. The number of benzene rings is 2. The summed E-state index contributed by atoms with van der Waals surface area (Å²) in [6.45, 7) is 1.55. The highest BCUT2D eigenvalue weighted by molar-refractivity contribution is 6.01. The first-order chi connectivity index (χ1) is 14.7. The molecule has 30 heavy (non-hydrogen) atoms. The van der Waals surface area contributed by atoms with E-state index in [1.54, 1.807) is 12.3 Å². The van der Waals surface area contributed by atoms with Gasteiger partial charge in [-0.2, -0.15) is 0 Å². The summed E-state index contributed by atoms with van der Waals surface area (Å²) in [4.78, 5) is 17.9. The molecule has 152 valence electrons. The number of nitro groups is 1. The molecular formula is C21H20N6O3.